The molecule has 0 atom stereocenters. The smallest absolute Gasteiger partial charge is 0.238 e. The SMILES string of the molecule is CN(C)Cc1ccc(Oc2ccc(-c3ccccc3)nn2)cc1. The number of ether oxygens (including phenoxy) is 1. The van der Waals surface area contributed by atoms with Crippen LogP contribution in [-0.4, -0.2) is 29.2 Å². The van der Waals surface area contributed by atoms with Gasteiger partial charge in [0.05, 0.1) is 5.69 Å². The first kappa shape index (κ1) is 15.2. The lowest BCUT2D eigenvalue weighted by Crippen LogP contribution is -2.10. The molecule has 0 amide bonds. The highest BCUT2D eigenvalue weighted by atomic mass is 16.5. The lowest BCUT2D eigenvalue weighted by atomic mass is 10.1. The van der Waals surface area contributed by atoms with Crippen molar-refractivity contribution in [3.05, 3.63) is 72.3 Å². The second-order valence-corrected chi connectivity index (χ2v) is 5.61. The number of hydrogen-bond acceptors (Lipinski definition) is 4. The minimum atomic E-state index is 0.491. The van der Waals surface area contributed by atoms with E-state index in [1.807, 2.05) is 68.7 Å². The van der Waals surface area contributed by atoms with Crippen molar-refractivity contribution < 1.29 is 4.74 Å². The molecule has 0 fully saturated rings. The van der Waals surface area contributed by atoms with Gasteiger partial charge in [-0.15, -0.1) is 10.2 Å². The van der Waals surface area contributed by atoms with E-state index in [1.165, 1.54) is 5.56 Å². The van der Waals surface area contributed by atoms with Crippen LogP contribution < -0.4 is 4.74 Å². The quantitative estimate of drug-likeness (QED) is 0.714. The third kappa shape index (κ3) is 4.14. The van der Waals surface area contributed by atoms with Crippen LogP contribution in [-0.2, 0) is 6.54 Å². The Balaban J connectivity index is 1.68. The Hall–Kier alpha value is -2.72. The molecule has 0 saturated heterocycles. The van der Waals surface area contributed by atoms with Crippen LogP contribution in [0.4, 0.5) is 0 Å². The molecule has 0 bridgehead atoms. The predicted octanol–water partition coefficient (Wildman–Crippen LogP) is 4.00. The van der Waals surface area contributed by atoms with Crippen molar-refractivity contribution in [2.24, 2.45) is 0 Å². The molecule has 0 N–H and O–H groups in total. The average Bonchev–Trinajstić information content (AvgIpc) is 2.58. The zero-order valence-electron chi connectivity index (χ0n) is 13.3. The van der Waals surface area contributed by atoms with Crippen molar-refractivity contribution in [3.8, 4) is 22.9 Å². The van der Waals surface area contributed by atoms with Gasteiger partial charge >= 0.3 is 0 Å². The second-order valence-electron chi connectivity index (χ2n) is 5.61. The molecule has 2 aromatic carbocycles. The third-order valence-corrected chi connectivity index (χ3v) is 3.35. The molecule has 0 aliphatic heterocycles. The van der Waals surface area contributed by atoms with E-state index in [4.69, 9.17) is 4.74 Å². The van der Waals surface area contributed by atoms with E-state index in [0.717, 1.165) is 23.6 Å². The molecule has 1 heterocycles. The highest BCUT2D eigenvalue weighted by Crippen LogP contribution is 2.22. The zero-order chi connectivity index (χ0) is 16.1. The van der Waals surface area contributed by atoms with Crippen LogP contribution in [0.2, 0.25) is 0 Å². The van der Waals surface area contributed by atoms with Crippen molar-refractivity contribution in [1.29, 1.82) is 0 Å². The fraction of sp³-hybridized carbons (Fsp3) is 0.158. The van der Waals surface area contributed by atoms with E-state index >= 15 is 0 Å². The Bertz CT molecular complexity index is 738. The minimum absolute atomic E-state index is 0.491. The Kier molecular flexibility index (Phi) is 4.64. The first-order valence-electron chi connectivity index (χ1n) is 7.51. The number of rotatable bonds is 5. The molecule has 0 aliphatic carbocycles. The fourth-order valence-corrected chi connectivity index (χ4v) is 2.29. The van der Waals surface area contributed by atoms with Crippen LogP contribution in [0.1, 0.15) is 5.56 Å². The minimum Gasteiger partial charge on any atom is -0.438 e. The first-order chi connectivity index (χ1) is 11.2. The molecule has 0 unspecified atom stereocenters. The summed E-state index contributed by atoms with van der Waals surface area (Å²) in [5.74, 6) is 1.25. The molecule has 3 rings (SSSR count). The maximum absolute atomic E-state index is 5.74. The maximum Gasteiger partial charge on any atom is 0.238 e. The van der Waals surface area contributed by atoms with Gasteiger partial charge in [0.1, 0.15) is 5.75 Å². The molecule has 4 nitrogen and oxygen atoms in total. The van der Waals surface area contributed by atoms with Gasteiger partial charge in [0.25, 0.3) is 0 Å². The summed E-state index contributed by atoms with van der Waals surface area (Å²) in [5.41, 5.74) is 3.12. The van der Waals surface area contributed by atoms with Crippen molar-refractivity contribution in [2.45, 2.75) is 6.54 Å². The first-order valence-corrected chi connectivity index (χ1v) is 7.51. The molecule has 0 spiro atoms. The monoisotopic (exact) mass is 305 g/mol. The summed E-state index contributed by atoms with van der Waals surface area (Å²) < 4.78 is 5.74. The summed E-state index contributed by atoms with van der Waals surface area (Å²) in [6, 6.07) is 21.7. The molecular formula is C19H19N3O. The topological polar surface area (TPSA) is 38.2 Å². The fourth-order valence-electron chi connectivity index (χ4n) is 2.29. The van der Waals surface area contributed by atoms with Gasteiger partial charge in [0.2, 0.25) is 5.88 Å². The molecule has 0 radical (unpaired) electrons. The Labute approximate surface area is 136 Å². The van der Waals surface area contributed by atoms with E-state index in [9.17, 15) is 0 Å². The van der Waals surface area contributed by atoms with Crippen molar-refractivity contribution in [2.75, 3.05) is 14.1 Å². The standard InChI is InChI=1S/C19H19N3O/c1-22(2)14-15-8-10-17(11-9-15)23-19-13-12-18(20-21-19)16-6-4-3-5-7-16/h3-13H,14H2,1-2H3. The molecule has 116 valence electrons. The van der Waals surface area contributed by atoms with Crippen LogP contribution in [0.15, 0.2) is 66.7 Å². The van der Waals surface area contributed by atoms with Gasteiger partial charge in [0, 0.05) is 18.2 Å². The van der Waals surface area contributed by atoms with Crippen molar-refractivity contribution in [3.63, 3.8) is 0 Å². The van der Waals surface area contributed by atoms with Crippen LogP contribution in [0.5, 0.6) is 11.6 Å². The molecule has 4 heteroatoms. The van der Waals surface area contributed by atoms with E-state index in [1.54, 1.807) is 0 Å². The normalized spacial score (nSPS) is 10.7. The summed E-state index contributed by atoms with van der Waals surface area (Å²) in [6.45, 7) is 0.909. The number of hydrogen-bond donors (Lipinski definition) is 0. The summed E-state index contributed by atoms with van der Waals surface area (Å²) >= 11 is 0. The Morgan fingerprint density at radius 3 is 2.17 bits per heavy atom. The van der Waals surface area contributed by atoms with Crippen molar-refractivity contribution >= 4 is 0 Å². The lowest BCUT2D eigenvalue weighted by Gasteiger charge is -2.10. The summed E-state index contributed by atoms with van der Waals surface area (Å²) in [5, 5.41) is 8.36. The largest absolute Gasteiger partial charge is 0.438 e. The predicted molar refractivity (Wildman–Crippen MR) is 91.4 cm³/mol. The Morgan fingerprint density at radius 1 is 0.826 bits per heavy atom. The van der Waals surface area contributed by atoms with Gasteiger partial charge < -0.3 is 9.64 Å². The van der Waals surface area contributed by atoms with Gasteiger partial charge in [-0.1, -0.05) is 42.5 Å². The van der Waals surface area contributed by atoms with Crippen LogP contribution in [0.25, 0.3) is 11.3 Å². The Morgan fingerprint density at radius 2 is 1.57 bits per heavy atom. The molecule has 0 saturated carbocycles. The lowest BCUT2D eigenvalue weighted by molar-refractivity contribution is 0.402. The van der Waals surface area contributed by atoms with Gasteiger partial charge in [-0.3, -0.25) is 0 Å². The number of aromatic nitrogens is 2. The van der Waals surface area contributed by atoms with E-state index < -0.39 is 0 Å². The van der Waals surface area contributed by atoms with Gasteiger partial charge in [-0.25, -0.2) is 0 Å². The molecule has 3 aromatic rings. The average molecular weight is 305 g/mol. The summed E-state index contributed by atoms with van der Waals surface area (Å²) in [4.78, 5) is 2.13. The molecule has 0 aliphatic rings. The van der Waals surface area contributed by atoms with Gasteiger partial charge in [-0.2, -0.15) is 0 Å². The van der Waals surface area contributed by atoms with E-state index in [2.05, 4.69) is 27.2 Å². The number of nitrogens with zero attached hydrogens (tertiary/aromatic N) is 3. The van der Waals surface area contributed by atoms with Crippen molar-refractivity contribution in [1.82, 2.24) is 15.1 Å². The molecular weight excluding hydrogens is 286 g/mol. The van der Waals surface area contributed by atoms with E-state index in [-0.39, 0.29) is 0 Å². The second kappa shape index (κ2) is 7.03. The maximum atomic E-state index is 5.74. The van der Waals surface area contributed by atoms with Gasteiger partial charge in [0.15, 0.2) is 0 Å². The van der Waals surface area contributed by atoms with Crippen LogP contribution in [0, 0.1) is 0 Å². The number of benzene rings is 2. The zero-order valence-corrected chi connectivity index (χ0v) is 13.3. The van der Waals surface area contributed by atoms with Crippen LogP contribution >= 0.6 is 0 Å². The summed E-state index contributed by atoms with van der Waals surface area (Å²) in [6.07, 6.45) is 0. The molecule has 1 aromatic heterocycles. The molecule has 23 heavy (non-hydrogen) atoms. The van der Waals surface area contributed by atoms with E-state index in [0.29, 0.717) is 5.88 Å². The van der Waals surface area contributed by atoms with Gasteiger partial charge in [-0.05, 0) is 37.9 Å². The summed E-state index contributed by atoms with van der Waals surface area (Å²) in [7, 11) is 4.10. The highest BCUT2D eigenvalue weighted by Gasteiger charge is 2.03. The third-order valence-electron chi connectivity index (χ3n) is 3.35. The highest BCUT2D eigenvalue weighted by molar-refractivity contribution is 5.58. The van der Waals surface area contributed by atoms with Crippen LogP contribution in [0.3, 0.4) is 0 Å².